The zero-order valence-electron chi connectivity index (χ0n) is 11.2. The number of carbonyl (C=O) groups excluding carboxylic acids is 1. The van der Waals surface area contributed by atoms with Gasteiger partial charge in [-0.1, -0.05) is 30.7 Å². The molecule has 19 heavy (non-hydrogen) atoms. The molecule has 0 spiro atoms. The minimum atomic E-state index is 0.0875. The lowest BCUT2D eigenvalue weighted by molar-refractivity contribution is -0.122. The van der Waals surface area contributed by atoms with E-state index in [9.17, 15) is 4.79 Å². The van der Waals surface area contributed by atoms with Crippen molar-refractivity contribution in [2.45, 2.75) is 32.2 Å². The molecule has 3 unspecified atom stereocenters. The standard InChI is InChI=1S/C15H21ClN2O/c1-10-9-13(10)15(18-14(19)3-2-8-17)11-4-6-12(16)7-5-11/h4-7,10,13,15H,2-3,8-9,17H2,1H3,(H,18,19). The van der Waals surface area contributed by atoms with E-state index >= 15 is 0 Å². The molecule has 0 aliphatic heterocycles. The molecule has 1 aromatic carbocycles. The van der Waals surface area contributed by atoms with Gasteiger partial charge in [0.1, 0.15) is 0 Å². The van der Waals surface area contributed by atoms with Gasteiger partial charge in [0, 0.05) is 11.4 Å². The Balaban J connectivity index is 2.04. The van der Waals surface area contributed by atoms with E-state index in [-0.39, 0.29) is 11.9 Å². The summed E-state index contributed by atoms with van der Waals surface area (Å²) in [5.74, 6) is 1.31. The molecule has 104 valence electrons. The zero-order chi connectivity index (χ0) is 13.8. The summed E-state index contributed by atoms with van der Waals surface area (Å²) in [6.45, 7) is 2.78. The highest BCUT2D eigenvalue weighted by Crippen LogP contribution is 2.47. The molecule has 0 bridgehead atoms. The largest absolute Gasteiger partial charge is 0.349 e. The van der Waals surface area contributed by atoms with E-state index in [1.165, 1.54) is 6.42 Å². The fraction of sp³-hybridized carbons (Fsp3) is 0.533. The fourth-order valence-electron chi connectivity index (χ4n) is 2.43. The zero-order valence-corrected chi connectivity index (χ0v) is 12.0. The Bertz CT molecular complexity index is 432. The molecule has 3 atom stereocenters. The third kappa shape index (κ3) is 3.95. The van der Waals surface area contributed by atoms with Crippen LogP contribution in [0.2, 0.25) is 5.02 Å². The van der Waals surface area contributed by atoms with E-state index in [1.54, 1.807) is 0 Å². The summed E-state index contributed by atoms with van der Waals surface area (Å²) in [6.07, 6.45) is 2.41. The third-order valence-electron chi connectivity index (χ3n) is 3.75. The predicted molar refractivity (Wildman–Crippen MR) is 77.9 cm³/mol. The maximum absolute atomic E-state index is 11.9. The van der Waals surface area contributed by atoms with Crippen molar-refractivity contribution in [2.75, 3.05) is 6.54 Å². The summed E-state index contributed by atoms with van der Waals surface area (Å²) in [6, 6.07) is 7.87. The van der Waals surface area contributed by atoms with Gasteiger partial charge in [0.15, 0.2) is 0 Å². The van der Waals surface area contributed by atoms with Crippen molar-refractivity contribution in [3.8, 4) is 0 Å². The highest BCUT2D eigenvalue weighted by Gasteiger charge is 2.40. The number of rotatable bonds is 6. The number of nitrogens with one attached hydrogen (secondary N) is 1. The number of amides is 1. The average Bonchev–Trinajstić information content (AvgIpc) is 3.11. The molecular weight excluding hydrogens is 260 g/mol. The maximum Gasteiger partial charge on any atom is 0.220 e. The van der Waals surface area contributed by atoms with Crippen molar-refractivity contribution < 1.29 is 4.79 Å². The number of hydrogen-bond donors (Lipinski definition) is 2. The fourth-order valence-corrected chi connectivity index (χ4v) is 2.56. The van der Waals surface area contributed by atoms with Crippen LogP contribution in [-0.2, 0) is 4.79 Å². The lowest BCUT2D eigenvalue weighted by atomic mass is 10.0. The van der Waals surface area contributed by atoms with E-state index in [2.05, 4.69) is 12.2 Å². The Kier molecular flexibility index (Phi) is 4.83. The minimum Gasteiger partial charge on any atom is -0.349 e. The highest BCUT2D eigenvalue weighted by molar-refractivity contribution is 6.30. The number of carbonyl (C=O) groups is 1. The lowest BCUT2D eigenvalue weighted by Crippen LogP contribution is -2.30. The molecule has 2 rings (SSSR count). The van der Waals surface area contributed by atoms with Crippen LogP contribution in [0.3, 0.4) is 0 Å². The number of benzene rings is 1. The molecular formula is C15H21ClN2O. The van der Waals surface area contributed by atoms with Gasteiger partial charge in [0.2, 0.25) is 5.91 Å². The first-order chi connectivity index (χ1) is 9.11. The van der Waals surface area contributed by atoms with E-state index < -0.39 is 0 Å². The summed E-state index contributed by atoms with van der Waals surface area (Å²) in [5.41, 5.74) is 6.57. The normalized spacial score (nSPS) is 22.9. The van der Waals surface area contributed by atoms with Crippen LogP contribution in [0.25, 0.3) is 0 Å². The number of halogens is 1. The molecule has 1 aliphatic carbocycles. The predicted octanol–water partition coefficient (Wildman–Crippen LogP) is 2.89. The van der Waals surface area contributed by atoms with Crippen LogP contribution in [-0.4, -0.2) is 12.5 Å². The Hall–Kier alpha value is -1.06. The summed E-state index contributed by atoms with van der Waals surface area (Å²) in [5, 5.41) is 3.87. The smallest absolute Gasteiger partial charge is 0.220 e. The Morgan fingerprint density at radius 1 is 1.47 bits per heavy atom. The topological polar surface area (TPSA) is 55.1 Å². The van der Waals surface area contributed by atoms with Gasteiger partial charge in [-0.05, 0) is 48.9 Å². The Morgan fingerprint density at radius 3 is 2.63 bits per heavy atom. The van der Waals surface area contributed by atoms with Gasteiger partial charge in [0.25, 0.3) is 0 Å². The van der Waals surface area contributed by atoms with Crippen molar-refractivity contribution in [1.82, 2.24) is 5.32 Å². The molecule has 1 saturated carbocycles. The Morgan fingerprint density at radius 2 is 2.11 bits per heavy atom. The molecule has 4 heteroatoms. The van der Waals surface area contributed by atoms with Gasteiger partial charge in [-0.2, -0.15) is 0 Å². The van der Waals surface area contributed by atoms with Gasteiger partial charge in [-0.25, -0.2) is 0 Å². The van der Waals surface area contributed by atoms with E-state index in [0.29, 0.717) is 24.8 Å². The molecule has 3 N–H and O–H groups in total. The first-order valence-electron chi connectivity index (χ1n) is 6.86. The average molecular weight is 281 g/mol. The first-order valence-corrected chi connectivity index (χ1v) is 7.24. The quantitative estimate of drug-likeness (QED) is 0.842. The van der Waals surface area contributed by atoms with E-state index in [1.807, 2.05) is 24.3 Å². The van der Waals surface area contributed by atoms with Gasteiger partial charge in [-0.3, -0.25) is 4.79 Å². The van der Waals surface area contributed by atoms with Crippen LogP contribution in [0.1, 0.15) is 37.8 Å². The van der Waals surface area contributed by atoms with E-state index in [4.69, 9.17) is 17.3 Å². The monoisotopic (exact) mass is 280 g/mol. The minimum absolute atomic E-state index is 0.0875. The molecule has 0 aromatic heterocycles. The maximum atomic E-state index is 11.9. The molecule has 3 nitrogen and oxygen atoms in total. The van der Waals surface area contributed by atoms with Crippen molar-refractivity contribution in [2.24, 2.45) is 17.6 Å². The molecule has 0 saturated heterocycles. The van der Waals surface area contributed by atoms with Gasteiger partial charge in [-0.15, -0.1) is 0 Å². The SMILES string of the molecule is CC1CC1C(NC(=O)CCCN)c1ccc(Cl)cc1. The van der Waals surface area contributed by atoms with Crippen LogP contribution in [0.15, 0.2) is 24.3 Å². The second-order valence-electron chi connectivity index (χ2n) is 5.37. The van der Waals surface area contributed by atoms with Gasteiger partial charge in [0.05, 0.1) is 6.04 Å². The first kappa shape index (κ1) is 14.4. The lowest BCUT2D eigenvalue weighted by Gasteiger charge is -2.19. The Labute approximate surface area is 119 Å². The van der Waals surface area contributed by atoms with Crippen LogP contribution >= 0.6 is 11.6 Å². The second-order valence-corrected chi connectivity index (χ2v) is 5.80. The van der Waals surface area contributed by atoms with Crippen molar-refractivity contribution in [1.29, 1.82) is 0 Å². The van der Waals surface area contributed by atoms with Crippen LogP contribution < -0.4 is 11.1 Å². The van der Waals surface area contributed by atoms with E-state index in [0.717, 1.165) is 17.0 Å². The third-order valence-corrected chi connectivity index (χ3v) is 4.01. The molecule has 0 radical (unpaired) electrons. The molecule has 1 aromatic rings. The second kappa shape index (κ2) is 6.40. The molecule has 1 aliphatic rings. The molecule has 1 fully saturated rings. The summed E-state index contributed by atoms with van der Waals surface area (Å²) >= 11 is 5.91. The number of hydrogen-bond acceptors (Lipinski definition) is 2. The number of nitrogens with two attached hydrogens (primary N) is 1. The van der Waals surface area contributed by atoms with Gasteiger partial charge >= 0.3 is 0 Å². The van der Waals surface area contributed by atoms with Crippen LogP contribution in [0, 0.1) is 11.8 Å². The van der Waals surface area contributed by atoms with Crippen molar-refractivity contribution in [3.05, 3.63) is 34.9 Å². The van der Waals surface area contributed by atoms with Crippen LogP contribution in [0.4, 0.5) is 0 Å². The van der Waals surface area contributed by atoms with Crippen molar-refractivity contribution >= 4 is 17.5 Å². The summed E-state index contributed by atoms with van der Waals surface area (Å²) in [7, 11) is 0. The molecule has 1 amide bonds. The molecule has 0 heterocycles. The summed E-state index contributed by atoms with van der Waals surface area (Å²) in [4.78, 5) is 11.9. The highest BCUT2D eigenvalue weighted by atomic mass is 35.5. The van der Waals surface area contributed by atoms with Crippen molar-refractivity contribution in [3.63, 3.8) is 0 Å². The van der Waals surface area contributed by atoms with Gasteiger partial charge < -0.3 is 11.1 Å². The van der Waals surface area contributed by atoms with Crippen LogP contribution in [0.5, 0.6) is 0 Å². The summed E-state index contributed by atoms with van der Waals surface area (Å²) < 4.78 is 0.